The van der Waals surface area contributed by atoms with Gasteiger partial charge in [-0.05, 0) is 58.1 Å². The molecule has 180 valence electrons. The van der Waals surface area contributed by atoms with Crippen LogP contribution in [0.1, 0.15) is 84.9 Å². The lowest BCUT2D eigenvalue weighted by atomic mass is 9.99. The van der Waals surface area contributed by atoms with Gasteiger partial charge in [0.2, 0.25) is 11.8 Å². The highest BCUT2D eigenvalue weighted by Crippen LogP contribution is 2.26. The summed E-state index contributed by atoms with van der Waals surface area (Å²) in [4.78, 5) is 40.2. The summed E-state index contributed by atoms with van der Waals surface area (Å²) in [5.74, 6) is -0.547. The summed E-state index contributed by atoms with van der Waals surface area (Å²) < 4.78 is 5.24. The van der Waals surface area contributed by atoms with E-state index in [0.29, 0.717) is 13.0 Å². The van der Waals surface area contributed by atoms with Crippen LogP contribution in [0, 0.1) is 0 Å². The topological polar surface area (TPSA) is 87.7 Å². The van der Waals surface area contributed by atoms with E-state index in [1.807, 2.05) is 38.1 Å². The van der Waals surface area contributed by atoms with Crippen LogP contribution in [0.25, 0.3) is 0 Å². The normalized spacial score (nSPS) is 13.1. The minimum absolute atomic E-state index is 0.198. The van der Waals surface area contributed by atoms with Crippen molar-refractivity contribution < 1.29 is 19.1 Å². The Morgan fingerprint density at radius 1 is 1.03 bits per heavy atom. The van der Waals surface area contributed by atoms with Gasteiger partial charge in [0.15, 0.2) is 0 Å². The van der Waals surface area contributed by atoms with E-state index in [9.17, 15) is 14.4 Å². The van der Waals surface area contributed by atoms with Crippen LogP contribution in [0.2, 0.25) is 0 Å². The van der Waals surface area contributed by atoms with E-state index in [4.69, 9.17) is 4.74 Å². The fourth-order valence-electron chi connectivity index (χ4n) is 3.25. The Morgan fingerprint density at radius 3 is 2.16 bits per heavy atom. The largest absolute Gasteiger partial charge is 0.444 e. The summed E-state index contributed by atoms with van der Waals surface area (Å²) in [5.41, 5.74) is 1.25. The summed E-state index contributed by atoms with van der Waals surface area (Å²) in [7, 11) is 0. The van der Waals surface area contributed by atoms with Crippen molar-refractivity contribution in [3.63, 3.8) is 0 Å². The molecule has 3 amide bonds. The third-order valence-electron chi connectivity index (χ3n) is 5.20. The maximum Gasteiger partial charge on any atom is 0.408 e. The maximum atomic E-state index is 13.3. The first-order chi connectivity index (χ1) is 15.0. The third-order valence-corrected chi connectivity index (χ3v) is 5.20. The summed E-state index contributed by atoms with van der Waals surface area (Å²) in [6, 6.07) is 6.82. The number of amides is 3. The van der Waals surface area contributed by atoms with E-state index in [2.05, 4.69) is 24.5 Å². The van der Waals surface area contributed by atoms with E-state index in [1.54, 1.807) is 25.7 Å². The number of alkyl carbamates (subject to hydrolysis) is 1. The molecule has 2 atom stereocenters. The summed E-state index contributed by atoms with van der Waals surface area (Å²) in [6.45, 7) is 13.6. The van der Waals surface area contributed by atoms with Crippen molar-refractivity contribution in [2.45, 2.75) is 91.8 Å². The number of hydrogen-bond acceptors (Lipinski definition) is 4. The van der Waals surface area contributed by atoms with E-state index < -0.39 is 17.7 Å². The number of carbonyl (C=O) groups excluding carboxylic acids is 3. The second kappa shape index (κ2) is 13.1. The van der Waals surface area contributed by atoms with Gasteiger partial charge in [-0.2, -0.15) is 0 Å². The third kappa shape index (κ3) is 8.89. The van der Waals surface area contributed by atoms with E-state index >= 15 is 0 Å². The number of hydrogen-bond donors (Lipinski definition) is 2. The number of nitrogens with zero attached hydrogens (tertiary/aromatic N) is 1. The Hall–Kier alpha value is -2.57. The average molecular weight is 448 g/mol. The molecule has 0 heterocycles. The Bertz CT molecular complexity index is 741. The Labute approximate surface area is 193 Å². The van der Waals surface area contributed by atoms with Gasteiger partial charge in [0.25, 0.3) is 0 Å². The molecule has 0 fully saturated rings. The molecule has 2 N–H and O–H groups in total. The lowest BCUT2D eigenvalue weighted by Crippen LogP contribution is -2.51. The zero-order chi connectivity index (χ0) is 24.3. The molecule has 0 saturated heterocycles. The van der Waals surface area contributed by atoms with Gasteiger partial charge in [-0.1, -0.05) is 51.5 Å². The maximum absolute atomic E-state index is 13.3. The number of benzene rings is 1. The van der Waals surface area contributed by atoms with Crippen molar-refractivity contribution in [2.24, 2.45) is 0 Å². The van der Waals surface area contributed by atoms with Crippen molar-refractivity contribution in [2.75, 3.05) is 13.1 Å². The molecule has 1 aromatic rings. The molecular weight excluding hydrogens is 406 g/mol. The minimum atomic E-state index is -0.777. The van der Waals surface area contributed by atoms with Crippen molar-refractivity contribution in [3.05, 3.63) is 35.4 Å². The molecule has 2 unspecified atom stereocenters. The number of rotatable bonds is 11. The van der Waals surface area contributed by atoms with Crippen LogP contribution in [0.15, 0.2) is 24.3 Å². The molecule has 1 aromatic carbocycles. The molecule has 32 heavy (non-hydrogen) atoms. The Balaban J connectivity index is 3.19. The minimum Gasteiger partial charge on any atom is -0.444 e. The second-order valence-electron chi connectivity index (χ2n) is 9.06. The zero-order valence-electron chi connectivity index (χ0n) is 20.8. The number of ether oxygens (including phenoxy) is 1. The molecular formula is C25H41N3O4. The first-order valence-corrected chi connectivity index (χ1v) is 11.7. The molecule has 7 nitrogen and oxygen atoms in total. The predicted octanol–water partition coefficient (Wildman–Crippen LogP) is 4.36. The Kier molecular flexibility index (Phi) is 11.2. The molecule has 0 aliphatic rings. The van der Waals surface area contributed by atoms with Crippen LogP contribution in [-0.2, 0) is 20.7 Å². The van der Waals surface area contributed by atoms with Gasteiger partial charge in [-0.3, -0.25) is 9.59 Å². The lowest BCUT2D eigenvalue weighted by molar-refractivity contribution is -0.142. The van der Waals surface area contributed by atoms with E-state index in [0.717, 1.165) is 30.4 Å². The van der Waals surface area contributed by atoms with Gasteiger partial charge in [0.05, 0.1) is 0 Å². The second-order valence-corrected chi connectivity index (χ2v) is 9.06. The van der Waals surface area contributed by atoms with Crippen molar-refractivity contribution in [1.82, 2.24) is 15.5 Å². The van der Waals surface area contributed by atoms with E-state index in [-0.39, 0.29) is 24.4 Å². The fourth-order valence-corrected chi connectivity index (χ4v) is 3.25. The van der Waals surface area contributed by atoms with Crippen LogP contribution in [0.4, 0.5) is 4.79 Å². The van der Waals surface area contributed by atoms with Gasteiger partial charge >= 0.3 is 6.09 Å². The van der Waals surface area contributed by atoms with Gasteiger partial charge in [-0.25, -0.2) is 4.79 Å². The first-order valence-electron chi connectivity index (χ1n) is 11.7. The molecule has 0 radical (unpaired) electrons. The predicted molar refractivity (Wildman–Crippen MR) is 127 cm³/mol. The highest BCUT2D eigenvalue weighted by molar-refractivity contribution is 5.90. The quantitative estimate of drug-likeness (QED) is 0.494. The molecule has 1 rings (SSSR count). The number of nitrogens with one attached hydrogen (secondary N) is 2. The zero-order valence-corrected chi connectivity index (χ0v) is 20.8. The lowest BCUT2D eigenvalue weighted by Gasteiger charge is -2.36. The number of unbranched alkanes of at least 4 members (excludes halogenated alkanes) is 1. The Morgan fingerprint density at radius 2 is 1.66 bits per heavy atom. The summed E-state index contributed by atoms with van der Waals surface area (Å²) >= 11 is 0. The standard InChI is InChI=1S/C25H41N3O4/c1-8-11-16-26-23(30)22(20-14-12-19(10-3)13-15-20)28(18(4)9-2)21(29)17-27-24(31)32-25(5,6)7/h12-15,18,22H,8-11,16-17H2,1-7H3,(H,26,30)(H,27,31). The highest BCUT2D eigenvalue weighted by Gasteiger charge is 2.34. The summed E-state index contributed by atoms with van der Waals surface area (Å²) in [5, 5.41) is 5.51. The van der Waals surface area contributed by atoms with Crippen molar-refractivity contribution in [3.8, 4) is 0 Å². The molecule has 0 aromatic heterocycles. The molecule has 0 bridgehead atoms. The molecule has 0 spiro atoms. The van der Waals surface area contributed by atoms with Crippen LogP contribution >= 0.6 is 0 Å². The first kappa shape index (κ1) is 27.5. The number of aryl methyl sites for hydroxylation is 1. The molecule has 0 aliphatic carbocycles. The van der Waals surface area contributed by atoms with E-state index in [1.165, 1.54) is 0 Å². The number of carbonyl (C=O) groups is 3. The van der Waals surface area contributed by atoms with Gasteiger partial charge in [0, 0.05) is 12.6 Å². The smallest absolute Gasteiger partial charge is 0.408 e. The average Bonchev–Trinajstić information content (AvgIpc) is 2.74. The molecule has 0 saturated carbocycles. The van der Waals surface area contributed by atoms with Gasteiger partial charge < -0.3 is 20.3 Å². The van der Waals surface area contributed by atoms with Crippen LogP contribution in [0.5, 0.6) is 0 Å². The monoisotopic (exact) mass is 447 g/mol. The van der Waals surface area contributed by atoms with Gasteiger partial charge in [0.1, 0.15) is 18.2 Å². The molecule has 0 aliphatic heterocycles. The van der Waals surface area contributed by atoms with Crippen LogP contribution in [-0.4, -0.2) is 47.5 Å². The highest BCUT2D eigenvalue weighted by atomic mass is 16.6. The molecule has 7 heteroatoms. The van der Waals surface area contributed by atoms with Gasteiger partial charge in [-0.15, -0.1) is 0 Å². The van der Waals surface area contributed by atoms with Crippen molar-refractivity contribution >= 4 is 17.9 Å². The fraction of sp³-hybridized carbons (Fsp3) is 0.640. The SMILES string of the molecule is CCCCNC(=O)C(c1ccc(CC)cc1)N(C(=O)CNC(=O)OC(C)(C)C)C(C)CC. The van der Waals surface area contributed by atoms with Crippen molar-refractivity contribution in [1.29, 1.82) is 0 Å². The summed E-state index contributed by atoms with van der Waals surface area (Å²) in [6.07, 6.45) is 2.73. The van der Waals surface area contributed by atoms with Crippen LogP contribution in [0.3, 0.4) is 0 Å². The van der Waals surface area contributed by atoms with Crippen LogP contribution < -0.4 is 10.6 Å².